The maximum Gasteiger partial charge on any atom is 0.408 e. The first-order valence-corrected chi connectivity index (χ1v) is 7.75. The molecule has 0 saturated carbocycles. The van der Waals surface area contributed by atoms with Crippen LogP contribution in [0.2, 0.25) is 0 Å². The molecular formula is C15H26N2O6. The number of alkyl carbamates (subject to hydrolysis) is 1. The molecule has 0 bridgehead atoms. The summed E-state index contributed by atoms with van der Waals surface area (Å²) in [5.74, 6) is -1.90. The summed E-state index contributed by atoms with van der Waals surface area (Å²) in [6, 6.07) is -1.94. The zero-order valence-corrected chi connectivity index (χ0v) is 14.3. The highest BCUT2D eigenvalue weighted by Gasteiger charge is 2.41. The topological polar surface area (TPSA) is 105 Å². The number of hydrogen-bond acceptors (Lipinski definition) is 5. The van der Waals surface area contributed by atoms with E-state index in [0.717, 1.165) is 5.06 Å². The number of nitrogens with one attached hydrogen (secondary N) is 1. The highest BCUT2D eigenvalue weighted by Crippen LogP contribution is 2.20. The van der Waals surface area contributed by atoms with Crippen LogP contribution in [0.3, 0.4) is 0 Å². The molecule has 2 unspecified atom stereocenters. The Balaban J connectivity index is 2.87. The summed E-state index contributed by atoms with van der Waals surface area (Å²) in [4.78, 5) is 41.0. The van der Waals surface area contributed by atoms with Crippen LogP contribution in [0.4, 0.5) is 4.79 Å². The van der Waals surface area contributed by atoms with Crippen LogP contribution in [0.5, 0.6) is 0 Å². The summed E-state index contributed by atoms with van der Waals surface area (Å²) in [6.45, 7) is 8.99. The average molecular weight is 330 g/mol. The van der Waals surface area contributed by atoms with Crippen LogP contribution in [0.25, 0.3) is 0 Å². The molecule has 1 rings (SSSR count). The molecule has 1 heterocycles. The van der Waals surface area contributed by atoms with E-state index in [-0.39, 0.29) is 18.9 Å². The van der Waals surface area contributed by atoms with Crippen molar-refractivity contribution in [1.82, 2.24) is 10.4 Å². The van der Waals surface area contributed by atoms with Crippen LogP contribution in [-0.2, 0) is 19.2 Å². The molecule has 2 amide bonds. The molecule has 3 atom stereocenters. The Morgan fingerprint density at radius 2 is 2.00 bits per heavy atom. The summed E-state index contributed by atoms with van der Waals surface area (Å²) in [5.41, 5.74) is -0.694. The largest absolute Gasteiger partial charge is 0.480 e. The maximum atomic E-state index is 12.6. The van der Waals surface area contributed by atoms with Gasteiger partial charge < -0.3 is 15.2 Å². The lowest BCUT2D eigenvalue weighted by molar-refractivity contribution is -0.186. The normalized spacial score (nSPS) is 20.7. The van der Waals surface area contributed by atoms with Crippen molar-refractivity contribution in [1.29, 1.82) is 0 Å². The smallest absolute Gasteiger partial charge is 0.408 e. The van der Waals surface area contributed by atoms with Gasteiger partial charge >= 0.3 is 12.1 Å². The number of carbonyl (C=O) groups is 3. The van der Waals surface area contributed by atoms with Gasteiger partial charge in [-0.15, -0.1) is 0 Å². The third-order valence-electron chi connectivity index (χ3n) is 3.56. The van der Waals surface area contributed by atoms with Gasteiger partial charge in [0.1, 0.15) is 11.6 Å². The van der Waals surface area contributed by atoms with Crippen LogP contribution in [0, 0.1) is 5.92 Å². The van der Waals surface area contributed by atoms with Gasteiger partial charge in [0.25, 0.3) is 5.91 Å². The first-order valence-electron chi connectivity index (χ1n) is 7.75. The second-order valence-electron chi connectivity index (χ2n) is 6.65. The molecule has 8 heteroatoms. The Hall–Kier alpha value is -1.83. The van der Waals surface area contributed by atoms with Crippen molar-refractivity contribution in [3.63, 3.8) is 0 Å². The van der Waals surface area contributed by atoms with Crippen LogP contribution >= 0.6 is 0 Å². The second kappa shape index (κ2) is 7.63. The molecular weight excluding hydrogens is 304 g/mol. The van der Waals surface area contributed by atoms with Crippen molar-refractivity contribution in [2.24, 2.45) is 5.92 Å². The van der Waals surface area contributed by atoms with Crippen molar-refractivity contribution in [3.05, 3.63) is 0 Å². The van der Waals surface area contributed by atoms with E-state index in [0.29, 0.717) is 6.42 Å². The van der Waals surface area contributed by atoms with E-state index in [2.05, 4.69) is 5.32 Å². The number of carboxylic acids is 1. The van der Waals surface area contributed by atoms with Crippen LogP contribution in [-0.4, -0.2) is 52.4 Å². The predicted octanol–water partition coefficient (Wildman–Crippen LogP) is 1.54. The second-order valence-corrected chi connectivity index (χ2v) is 6.65. The number of nitrogens with zero attached hydrogens (tertiary/aromatic N) is 1. The van der Waals surface area contributed by atoms with Crippen molar-refractivity contribution in [2.75, 3.05) is 6.61 Å². The number of hydroxylamine groups is 2. The van der Waals surface area contributed by atoms with Crippen LogP contribution in [0.1, 0.15) is 47.5 Å². The molecule has 0 aromatic heterocycles. The Bertz CT molecular complexity index is 459. The van der Waals surface area contributed by atoms with Crippen LogP contribution < -0.4 is 5.32 Å². The van der Waals surface area contributed by atoms with Gasteiger partial charge in [-0.1, -0.05) is 20.3 Å². The monoisotopic (exact) mass is 330 g/mol. The van der Waals surface area contributed by atoms with Gasteiger partial charge in [0.2, 0.25) is 0 Å². The molecule has 23 heavy (non-hydrogen) atoms. The van der Waals surface area contributed by atoms with E-state index in [4.69, 9.17) is 14.7 Å². The Kier molecular flexibility index (Phi) is 6.37. The molecule has 132 valence electrons. The molecule has 1 aliphatic heterocycles. The first kappa shape index (κ1) is 19.2. The highest BCUT2D eigenvalue weighted by molar-refractivity contribution is 5.89. The fraction of sp³-hybridized carbons (Fsp3) is 0.800. The van der Waals surface area contributed by atoms with Gasteiger partial charge in [0.05, 0.1) is 6.61 Å². The minimum atomic E-state index is -1.13. The SMILES string of the molecule is CCC(C)[C@H](NC(=O)OC(C)(C)C)C(=O)N1OCCC1C(=O)O. The Morgan fingerprint density at radius 3 is 2.48 bits per heavy atom. The van der Waals surface area contributed by atoms with Crippen LogP contribution in [0.15, 0.2) is 0 Å². The van der Waals surface area contributed by atoms with Gasteiger partial charge in [-0.3, -0.25) is 9.63 Å². The van der Waals surface area contributed by atoms with Gasteiger partial charge in [-0.2, -0.15) is 0 Å². The van der Waals surface area contributed by atoms with Gasteiger partial charge in [0.15, 0.2) is 6.04 Å². The fourth-order valence-corrected chi connectivity index (χ4v) is 2.17. The quantitative estimate of drug-likeness (QED) is 0.792. The number of carboxylic acid groups (broad SMARTS) is 1. The van der Waals surface area contributed by atoms with E-state index in [1.54, 1.807) is 27.7 Å². The van der Waals surface area contributed by atoms with E-state index < -0.39 is 35.7 Å². The maximum absolute atomic E-state index is 12.6. The molecule has 0 aromatic rings. The summed E-state index contributed by atoms with van der Waals surface area (Å²) >= 11 is 0. The number of amides is 2. The minimum Gasteiger partial charge on any atom is -0.480 e. The molecule has 8 nitrogen and oxygen atoms in total. The van der Waals surface area contributed by atoms with Gasteiger partial charge in [0, 0.05) is 6.42 Å². The minimum absolute atomic E-state index is 0.155. The lowest BCUT2D eigenvalue weighted by atomic mass is 9.98. The number of carbonyl (C=O) groups excluding carboxylic acids is 2. The number of aliphatic carboxylic acids is 1. The van der Waals surface area contributed by atoms with E-state index >= 15 is 0 Å². The first-order chi connectivity index (χ1) is 10.6. The molecule has 0 aliphatic carbocycles. The summed E-state index contributed by atoms with van der Waals surface area (Å²) in [5, 5.41) is 12.6. The molecule has 2 N–H and O–H groups in total. The predicted molar refractivity (Wildman–Crippen MR) is 81.5 cm³/mol. The Morgan fingerprint density at radius 1 is 1.39 bits per heavy atom. The zero-order chi connectivity index (χ0) is 17.8. The lowest BCUT2D eigenvalue weighted by Crippen LogP contribution is -2.54. The van der Waals surface area contributed by atoms with Crippen molar-refractivity contribution in [2.45, 2.75) is 65.1 Å². The van der Waals surface area contributed by atoms with E-state index in [1.165, 1.54) is 0 Å². The third-order valence-corrected chi connectivity index (χ3v) is 3.56. The third kappa shape index (κ3) is 5.38. The van der Waals surface area contributed by atoms with Crippen molar-refractivity contribution in [3.8, 4) is 0 Å². The highest BCUT2D eigenvalue weighted by atomic mass is 16.7. The molecule has 0 radical (unpaired) electrons. The zero-order valence-electron chi connectivity index (χ0n) is 14.3. The Labute approximate surface area is 136 Å². The molecule has 1 fully saturated rings. The number of ether oxygens (including phenoxy) is 1. The standard InChI is InChI=1S/C15H26N2O6/c1-6-9(2)11(16-14(21)23-15(3,4)5)12(18)17-10(13(19)20)7-8-22-17/h9-11H,6-8H2,1-5H3,(H,16,21)(H,19,20)/t9?,10?,11-/m0/s1. The summed E-state index contributed by atoms with van der Waals surface area (Å²) in [6.07, 6.45) is 0.126. The number of hydrogen-bond donors (Lipinski definition) is 2. The van der Waals surface area contributed by atoms with Crippen molar-refractivity contribution >= 4 is 18.0 Å². The number of rotatable bonds is 5. The summed E-state index contributed by atoms with van der Waals surface area (Å²) < 4.78 is 5.17. The molecule has 0 aromatic carbocycles. The lowest BCUT2D eigenvalue weighted by Gasteiger charge is -2.29. The molecule has 0 spiro atoms. The van der Waals surface area contributed by atoms with Crippen molar-refractivity contribution < 1.29 is 29.1 Å². The van der Waals surface area contributed by atoms with Gasteiger partial charge in [-0.05, 0) is 26.7 Å². The fourth-order valence-electron chi connectivity index (χ4n) is 2.17. The van der Waals surface area contributed by atoms with E-state index in [9.17, 15) is 14.4 Å². The average Bonchev–Trinajstić information content (AvgIpc) is 2.90. The van der Waals surface area contributed by atoms with Gasteiger partial charge in [-0.25, -0.2) is 14.7 Å². The molecule has 1 saturated heterocycles. The summed E-state index contributed by atoms with van der Waals surface area (Å²) in [7, 11) is 0. The van der Waals surface area contributed by atoms with E-state index in [1.807, 2.05) is 6.92 Å². The molecule has 1 aliphatic rings.